The Morgan fingerprint density at radius 2 is 2.14 bits per heavy atom. The molecule has 0 amide bonds. The lowest BCUT2D eigenvalue weighted by molar-refractivity contribution is -0.0340. The minimum atomic E-state index is 0.316. The molecule has 21 heavy (non-hydrogen) atoms. The SMILES string of the molecule is CC(C)NCC1(CN2CCCC(N(C)C)C2)CCCOC1. The molecule has 4 nitrogen and oxygen atoms in total. The lowest BCUT2D eigenvalue weighted by atomic mass is 9.81. The van der Waals surface area contributed by atoms with Crippen LogP contribution >= 0.6 is 0 Å². The third-order valence-electron chi connectivity index (χ3n) is 5.06. The van der Waals surface area contributed by atoms with Gasteiger partial charge in [0.25, 0.3) is 0 Å². The number of nitrogens with one attached hydrogen (secondary N) is 1. The molecule has 124 valence electrons. The largest absolute Gasteiger partial charge is 0.381 e. The standard InChI is InChI=1S/C17H35N3O/c1-15(2)18-12-17(8-6-10-21-14-17)13-20-9-5-7-16(11-20)19(3)4/h15-16,18H,5-14H2,1-4H3. The van der Waals surface area contributed by atoms with Gasteiger partial charge >= 0.3 is 0 Å². The fourth-order valence-electron chi connectivity index (χ4n) is 3.72. The van der Waals surface area contributed by atoms with E-state index >= 15 is 0 Å². The van der Waals surface area contributed by atoms with E-state index < -0.39 is 0 Å². The third-order valence-corrected chi connectivity index (χ3v) is 5.06. The molecule has 0 bridgehead atoms. The molecule has 2 rings (SSSR count). The van der Waals surface area contributed by atoms with Gasteiger partial charge < -0.3 is 19.9 Å². The Balaban J connectivity index is 1.94. The van der Waals surface area contributed by atoms with Crippen molar-refractivity contribution in [3.05, 3.63) is 0 Å². The van der Waals surface area contributed by atoms with Crippen LogP contribution in [0.4, 0.5) is 0 Å². The van der Waals surface area contributed by atoms with Gasteiger partial charge in [0, 0.05) is 43.7 Å². The molecule has 0 saturated carbocycles. The summed E-state index contributed by atoms with van der Waals surface area (Å²) in [7, 11) is 4.43. The van der Waals surface area contributed by atoms with Crippen LogP contribution in [0.15, 0.2) is 0 Å². The molecular weight excluding hydrogens is 262 g/mol. The number of nitrogens with zero attached hydrogens (tertiary/aromatic N) is 2. The second-order valence-electron chi connectivity index (χ2n) is 7.69. The zero-order chi connectivity index (χ0) is 15.3. The summed E-state index contributed by atoms with van der Waals surface area (Å²) in [6.45, 7) is 11.1. The predicted molar refractivity (Wildman–Crippen MR) is 88.8 cm³/mol. The number of ether oxygens (including phenoxy) is 1. The van der Waals surface area contributed by atoms with Crippen LogP contribution in [0.5, 0.6) is 0 Å². The Labute approximate surface area is 131 Å². The first-order chi connectivity index (χ1) is 10.0. The maximum Gasteiger partial charge on any atom is 0.0546 e. The van der Waals surface area contributed by atoms with Crippen LogP contribution in [0.2, 0.25) is 0 Å². The lowest BCUT2D eigenvalue weighted by Gasteiger charge is -2.44. The molecule has 0 aromatic rings. The van der Waals surface area contributed by atoms with Crippen molar-refractivity contribution < 1.29 is 4.74 Å². The van der Waals surface area contributed by atoms with Crippen molar-refractivity contribution in [1.82, 2.24) is 15.1 Å². The topological polar surface area (TPSA) is 27.7 Å². The average Bonchev–Trinajstić information content (AvgIpc) is 2.46. The molecule has 2 unspecified atom stereocenters. The summed E-state index contributed by atoms with van der Waals surface area (Å²) in [4.78, 5) is 5.08. The van der Waals surface area contributed by atoms with Crippen molar-refractivity contribution >= 4 is 0 Å². The smallest absolute Gasteiger partial charge is 0.0546 e. The lowest BCUT2D eigenvalue weighted by Crippen LogP contribution is -2.54. The van der Waals surface area contributed by atoms with Crippen molar-refractivity contribution in [2.75, 3.05) is 53.5 Å². The maximum atomic E-state index is 5.86. The van der Waals surface area contributed by atoms with Gasteiger partial charge in [0.1, 0.15) is 0 Å². The van der Waals surface area contributed by atoms with Gasteiger partial charge in [-0.3, -0.25) is 0 Å². The van der Waals surface area contributed by atoms with E-state index in [2.05, 4.69) is 43.1 Å². The van der Waals surface area contributed by atoms with Gasteiger partial charge in [0.05, 0.1) is 6.61 Å². The summed E-state index contributed by atoms with van der Waals surface area (Å²) in [6.07, 6.45) is 5.19. The van der Waals surface area contributed by atoms with E-state index in [1.807, 2.05) is 0 Å². The Kier molecular flexibility index (Phi) is 6.48. The zero-order valence-electron chi connectivity index (χ0n) is 14.5. The van der Waals surface area contributed by atoms with Gasteiger partial charge in [-0.25, -0.2) is 0 Å². The average molecular weight is 297 g/mol. The Morgan fingerprint density at radius 3 is 2.76 bits per heavy atom. The van der Waals surface area contributed by atoms with E-state index in [1.54, 1.807) is 0 Å². The van der Waals surface area contributed by atoms with Crippen molar-refractivity contribution in [3.8, 4) is 0 Å². The number of hydrogen-bond acceptors (Lipinski definition) is 4. The van der Waals surface area contributed by atoms with Crippen LogP contribution < -0.4 is 5.32 Å². The zero-order valence-corrected chi connectivity index (χ0v) is 14.5. The van der Waals surface area contributed by atoms with E-state index in [0.29, 0.717) is 11.5 Å². The molecule has 2 fully saturated rings. The number of likely N-dealkylation sites (tertiary alicyclic amines) is 1. The summed E-state index contributed by atoms with van der Waals surface area (Å²) in [5, 5.41) is 3.66. The van der Waals surface area contributed by atoms with Gasteiger partial charge in [-0.2, -0.15) is 0 Å². The number of likely N-dealkylation sites (N-methyl/N-ethyl adjacent to an activating group) is 1. The molecule has 2 saturated heterocycles. The number of piperidine rings is 1. The number of hydrogen-bond donors (Lipinski definition) is 1. The summed E-state index contributed by atoms with van der Waals surface area (Å²) in [5.41, 5.74) is 0.316. The molecule has 1 N–H and O–H groups in total. The van der Waals surface area contributed by atoms with Crippen molar-refractivity contribution in [2.24, 2.45) is 5.41 Å². The molecule has 2 atom stereocenters. The normalized spacial score (nSPS) is 32.0. The second-order valence-corrected chi connectivity index (χ2v) is 7.69. The molecule has 2 aliphatic rings. The highest BCUT2D eigenvalue weighted by atomic mass is 16.5. The molecule has 4 heteroatoms. The van der Waals surface area contributed by atoms with E-state index in [4.69, 9.17) is 4.74 Å². The van der Waals surface area contributed by atoms with Gasteiger partial charge in [0.2, 0.25) is 0 Å². The highest BCUT2D eigenvalue weighted by Gasteiger charge is 2.36. The Hall–Kier alpha value is -0.160. The van der Waals surface area contributed by atoms with E-state index in [9.17, 15) is 0 Å². The van der Waals surface area contributed by atoms with Gasteiger partial charge in [0.15, 0.2) is 0 Å². The Morgan fingerprint density at radius 1 is 1.33 bits per heavy atom. The first-order valence-electron chi connectivity index (χ1n) is 8.71. The van der Waals surface area contributed by atoms with Crippen LogP contribution in [-0.2, 0) is 4.74 Å². The molecule has 0 radical (unpaired) electrons. The predicted octanol–water partition coefficient (Wildman–Crippen LogP) is 1.81. The summed E-state index contributed by atoms with van der Waals surface area (Å²) < 4.78 is 5.86. The highest BCUT2D eigenvalue weighted by molar-refractivity contribution is 4.90. The first kappa shape index (κ1) is 17.2. The van der Waals surface area contributed by atoms with Crippen molar-refractivity contribution in [1.29, 1.82) is 0 Å². The van der Waals surface area contributed by atoms with E-state index in [1.165, 1.54) is 45.3 Å². The van der Waals surface area contributed by atoms with Crippen LogP contribution in [0.1, 0.15) is 39.5 Å². The maximum absolute atomic E-state index is 5.86. The molecule has 0 aromatic carbocycles. The molecule has 0 spiro atoms. The summed E-state index contributed by atoms with van der Waals surface area (Å²) >= 11 is 0. The van der Waals surface area contributed by atoms with Crippen molar-refractivity contribution in [2.45, 2.75) is 51.6 Å². The van der Waals surface area contributed by atoms with Crippen molar-refractivity contribution in [3.63, 3.8) is 0 Å². The first-order valence-corrected chi connectivity index (χ1v) is 8.71. The molecule has 2 aliphatic heterocycles. The molecular formula is C17H35N3O. The summed E-state index contributed by atoms with van der Waals surface area (Å²) in [5.74, 6) is 0. The minimum absolute atomic E-state index is 0.316. The van der Waals surface area contributed by atoms with E-state index in [-0.39, 0.29) is 0 Å². The molecule has 2 heterocycles. The van der Waals surface area contributed by atoms with Gasteiger partial charge in [-0.05, 0) is 46.3 Å². The highest BCUT2D eigenvalue weighted by Crippen LogP contribution is 2.30. The van der Waals surface area contributed by atoms with Crippen LogP contribution in [0, 0.1) is 5.41 Å². The van der Waals surface area contributed by atoms with E-state index in [0.717, 1.165) is 25.8 Å². The molecule has 0 aromatic heterocycles. The summed E-state index contributed by atoms with van der Waals surface area (Å²) in [6, 6.07) is 1.28. The fraction of sp³-hybridized carbons (Fsp3) is 1.00. The third kappa shape index (κ3) is 5.20. The fourth-order valence-corrected chi connectivity index (χ4v) is 3.72. The quantitative estimate of drug-likeness (QED) is 0.809. The van der Waals surface area contributed by atoms with Gasteiger partial charge in [-0.1, -0.05) is 13.8 Å². The molecule has 0 aliphatic carbocycles. The number of rotatable bonds is 6. The van der Waals surface area contributed by atoms with Crippen LogP contribution in [0.25, 0.3) is 0 Å². The van der Waals surface area contributed by atoms with Crippen LogP contribution in [-0.4, -0.2) is 75.4 Å². The van der Waals surface area contributed by atoms with Gasteiger partial charge in [-0.15, -0.1) is 0 Å². The van der Waals surface area contributed by atoms with Crippen LogP contribution in [0.3, 0.4) is 0 Å². The second kappa shape index (κ2) is 7.91. The monoisotopic (exact) mass is 297 g/mol. The minimum Gasteiger partial charge on any atom is -0.381 e. The Bertz CT molecular complexity index is 300.